The van der Waals surface area contributed by atoms with Crippen LogP contribution < -0.4 is 5.48 Å². The standard InChI is InChI=1S/C3H4N2OS/c6-5-3-1-7-2-4-3/h1-2,5-6H. The molecule has 7 heavy (non-hydrogen) atoms. The molecule has 0 bridgehead atoms. The van der Waals surface area contributed by atoms with Gasteiger partial charge in [0.1, 0.15) is 0 Å². The number of nitrogens with zero attached hydrogens (tertiary/aromatic N) is 1. The number of hydrogen-bond acceptors (Lipinski definition) is 4. The van der Waals surface area contributed by atoms with E-state index in [9.17, 15) is 0 Å². The monoisotopic (exact) mass is 116 g/mol. The van der Waals surface area contributed by atoms with Gasteiger partial charge in [-0.05, 0) is 0 Å². The molecule has 0 unspecified atom stereocenters. The van der Waals surface area contributed by atoms with Crippen LogP contribution in [0, 0.1) is 0 Å². The molecule has 4 heteroatoms. The first-order valence-corrected chi connectivity index (χ1v) is 2.66. The second-order valence-corrected chi connectivity index (χ2v) is 1.70. The molecule has 0 spiro atoms. The topological polar surface area (TPSA) is 45.1 Å². The molecule has 3 nitrogen and oxygen atoms in total. The van der Waals surface area contributed by atoms with Crippen LogP contribution in [0.25, 0.3) is 0 Å². The van der Waals surface area contributed by atoms with Gasteiger partial charge >= 0.3 is 0 Å². The first-order chi connectivity index (χ1) is 3.43. The summed E-state index contributed by atoms with van der Waals surface area (Å²) in [5, 5.41) is 9.83. The molecular weight excluding hydrogens is 112 g/mol. The van der Waals surface area contributed by atoms with Crippen LogP contribution in [-0.4, -0.2) is 10.2 Å². The molecule has 0 aliphatic carbocycles. The van der Waals surface area contributed by atoms with E-state index in [2.05, 4.69) is 4.98 Å². The highest BCUT2D eigenvalue weighted by atomic mass is 32.1. The summed E-state index contributed by atoms with van der Waals surface area (Å²) in [4.78, 5) is 3.69. The van der Waals surface area contributed by atoms with Gasteiger partial charge in [-0.3, -0.25) is 10.7 Å². The van der Waals surface area contributed by atoms with E-state index >= 15 is 0 Å². The fraction of sp³-hybridized carbons (Fsp3) is 0. The molecule has 0 saturated carbocycles. The highest BCUT2D eigenvalue weighted by Crippen LogP contribution is 2.03. The van der Waals surface area contributed by atoms with Crippen LogP contribution in [0.15, 0.2) is 10.9 Å². The Labute approximate surface area is 44.6 Å². The summed E-state index contributed by atoms with van der Waals surface area (Å²) in [5.74, 6) is 0.505. The largest absolute Gasteiger partial charge is 0.290 e. The Balaban J connectivity index is 2.76. The molecule has 1 heterocycles. The maximum absolute atomic E-state index is 8.12. The van der Waals surface area contributed by atoms with E-state index in [4.69, 9.17) is 5.21 Å². The second-order valence-electron chi connectivity index (χ2n) is 0.985. The van der Waals surface area contributed by atoms with Crippen LogP contribution in [0.3, 0.4) is 0 Å². The minimum atomic E-state index is 0.505. The molecule has 0 fully saturated rings. The van der Waals surface area contributed by atoms with E-state index in [1.165, 1.54) is 11.3 Å². The number of anilines is 1. The Morgan fingerprint density at radius 1 is 1.86 bits per heavy atom. The molecule has 0 aromatic carbocycles. The number of thiazole rings is 1. The van der Waals surface area contributed by atoms with Crippen molar-refractivity contribution in [3.8, 4) is 0 Å². The molecular formula is C3H4N2OS. The van der Waals surface area contributed by atoms with Gasteiger partial charge in [0.15, 0.2) is 5.82 Å². The minimum Gasteiger partial charge on any atom is -0.290 e. The maximum Gasteiger partial charge on any atom is 0.160 e. The first-order valence-electron chi connectivity index (χ1n) is 1.72. The smallest absolute Gasteiger partial charge is 0.160 e. The van der Waals surface area contributed by atoms with E-state index in [0.717, 1.165) is 0 Å². The number of nitrogens with one attached hydrogen (secondary N) is 1. The van der Waals surface area contributed by atoms with Crippen LogP contribution in [0.5, 0.6) is 0 Å². The van der Waals surface area contributed by atoms with Gasteiger partial charge in [0.25, 0.3) is 0 Å². The molecule has 2 N–H and O–H groups in total. The van der Waals surface area contributed by atoms with Gasteiger partial charge in [-0.25, -0.2) is 4.98 Å². The molecule has 38 valence electrons. The van der Waals surface area contributed by atoms with Crippen LogP contribution in [-0.2, 0) is 0 Å². The Bertz CT molecular complexity index is 127. The molecule has 0 aliphatic heterocycles. The minimum absolute atomic E-state index is 0.505. The molecule has 1 aromatic heterocycles. The van der Waals surface area contributed by atoms with Crippen molar-refractivity contribution in [2.45, 2.75) is 0 Å². The van der Waals surface area contributed by atoms with Crippen LogP contribution in [0.1, 0.15) is 0 Å². The number of hydrogen-bond donors (Lipinski definition) is 2. The van der Waals surface area contributed by atoms with Gasteiger partial charge in [0.2, 0.25) is 0 Å². The van der Waals surface area contributed by atoms with Crippen molar-refractivity contribution >= 4 is 17.2 Å². The van der Waals surface area contributed by atoms with Crippen molar-refractivity contribution < 1.29 is 5.21 Å². The van der Waals surface area contributed by atoms with Crippen molar-refractivity contribution in [1.82, 2.24) is 4.98 Å². The van der Waals surface area contributed by atoms with Gasteiger partial charge in [-0.2, -0.15) is 0 Å². The third-order valence-electron chi connectivity index (χ3n) is 0.547. The lowest BCUT2D eigenvalue weighted by Gasteiger charge is -1.83. The van der Waals surface area contributed by atoms with E-state index in [1.807, 2.05) is 5.48 Å². The molecule has 0 radical (unpaired) electrons. The average molecular weight is 116 g/mol. The Morgan fingerprint density at radius 3 is 3.00 bits per heavy atom. The normalized spacial score (nSPS) is 8.71. The summed E-state index contributed by atoms with van der Waals surface area (Å²) < 4.78 is 0. The SMILES string of the molecule is ONc1cscn1. The zero-order valence-electron chi connectivity index (χ0n) is 3.46. The van der Waals surface area contributed by atoms with Gasteiger partial charge in [-0.1, -0.05) is 0 Å². The molecule has 1 aromatic rings. The van der Waals surface area contributed by atoms with Gasteiger partial charge < -0.3 is 0 Å². The van der Waals surface area contributed by atoms with Crippen molar-refractivity contribution in [1.29, 1.82) is 0 Å². The number of rotatable bonds is 1. The fourth-order valence-corrected chi connectivity index (χ4v) is 0.745. The fourth-order valence-electron chi connectivity index (χ4n) is 0.268. The maximum atomic E-state index is 8.12. The lowest BCUT2D eigenvalue weighted by atomic mass is 10.8. The van der Waals surface area contributed by atoms with Gasteiger partial charge in [0.05, 0.1) is 5.51 Å². The Morgan fingerprint density at radius 2 is 2.71 bits per heavy atom. The van der Waals surface area contributed by atoms with E-state index in [-0.39, 0.29) is 0 Å². The molecule has 1 rings (SSSR count). The van der Waals surface area contributed by atoms with Crippen molar-refractivity contribution in [3.05, 3.63) is 10.9 Å². The van der Waals surface area contributed by atoms with Crippen molar-refractivity contribution in [2.24, 2.45) is 0 Å². The third-order valence-corrected chi connectivity index (χ3v) is 1.13. The predicted molar refractivity (Wildman–Crippen MR) is 27.5 cm³/mol. The van der Waals surface area contributed by atoms with Crippen LogP contribution >= 0.6 is 11.3 Å². The summed E-state index contributed by atoms with van der Waals surface area (Å²) in [6, 6.07) is 0. The highest BCUT2D eigenvalue weighted by molar-refractivity contribution is 7.07. The first kappa shape index (κ1) is 4.55. The van der Waals surface area contributed by atoms with Crippen molar-refractivity contribution in [2.75, 3.05) is 5.48 Å². The molecule has 0 atom stereocenters. The summed E-state index contributed by atoms with van der Waals surface area (Å²) in [7, 11) is 0. The zero-order valence-corrected chi connectivity index (χ0v) is 4.27. The van der Waals surface area contributed by atoms with E-state index in [0.29, 0.717) is 5.82 Å². The zero-order chi connectivity index (χ0) is 5.11. The van der Waals surface area contributed by atoms with E-state index in [1.54, 1.807) is 10.9 Å². The van der Waals surface area contributed by atoms with Gasteiger partial charge in [-0.15, -0.1) is 11.3 Å². The summed E-state index contributed by atoms with van der Waals surface area (Å²) >= 11 is 1.43. The van der Waals surface area contributed by atoms with Crippen LogP contribution in [0.4, 0.5) is 5.82 Å². The summed E-state index contributed by atoms with van der Waals surface area (Å²) in [6.07, 6.45) is 0. The molecule has 0 saturated heterocycles. The lowest BCUT2D eigenvalue weighted by Crippen LogP contribution is -1.86. The summed E-state index contributed by atoms with van der Waals surface area (Å²) in [5.41, 5.74) is 3.54. The summed E-state index contributed by atoms with van der Waals surface area (Å²) in [6.45, 7) is 0. The Hall–Kier alpha value is -0.610. The third kappa shape index (κ3) is 0.880. The molecule has 0 aliphatic rings. The van der Waals surface area contributed by atoms with E-state index < -0.39 is 0 Å². The number of aromatic nitrogens is 1. The predicted octanol–water partition coefficient (Wildman–Crippen LogP) is 0.944. The average Bonchev–Trinajstić information content (AvgIpc) is 2.14. The highest BCUT2D eigenvalue weighted by Gasteiger charge is 1.83. The second kappa shape index (κ2) is 1.90. The van der Waals surface area contributed by atoms with Crippen molar-refractivity contribution in [3.63, 3.8) is 0 Å². The Kier molecular flexibility index (Phi) is 1.24. The lowest BCUT2D eigenvalue weighted by molar-refractivity contribution is 0.386. The van der Waals surface area contributed by atoms with Crippen LogP contribution in [0.2, 0.25) is 0 Å². The molecule has 0 amide bonds. The quantitative estimate of drug-likeness (QED) is 0.537. The van der Waals surface area contributed by atoms with Gasteiger partial charge in [0, 0.05) is 5.38 Å².